The number of nitrogens with zero attached hydrogens (tertiary/aromatic N) is 5. The fourth-order valence-corrected chi connectivity index (χ4v) is 5.21. The van der Waals surface area contributed by atoms with Crippen LogP contribution in [0.3, 0.4) is 0 Å². The van der Waals surface area contributed by atoms with Gasteiger partial charge in [-0.25, -0.2) is 9.36 Å². The quantitative estimate of drug-likeness (QED) is 0.105. The zero-order chi connectivity index (χ0) is 24.2. The molecule has 4 rings (SSSR count). The molecule has 4 N–H and O–H groups in total. The van der Waals surface area contributed by atoms with E-state index in [1.807, 2.05) is 35.2 Å². The summed E-state index contributed by atoms with van der Waals surface area (Å²) in [6, 6.07) is 4.58. The monoisotopic (exact) mass is 502 g/mol. The molecule has 0 aromatic carbocycles. The number of carbonyl (C=O) groups is 3. The summed E-state index contributed by atoms with van der Waals surface area (Å²) in [5, 5.41) is 15.7. The Morgan fingerprint density at radius 1 is 1.41 bits per heavy atom. The summed E-state index contributed by atoms with van der Waals surface area (Å²) < 4.78 is 5.81. The number of hydrogen-bond donors (Lipinski definition) is 3. The fourth-order valence-electron chi connectivity index (χ4n) is 3.44. The van der Waals surface area contributed by atoms with Gasteiger partial charge < -0.3 is 21.0 Å². The molecule has 0 saturated carbocycles. The summed E-state index contributed by atoms with van der Waals surface area (Å²) in [4.78, 5) is 48.1. The number of nitrogen functional groups attached to an aromatic ring is 1. The molecule has 2 amide bonds. The Hall–Kier alpha value is -3.78. The summed E-state index contributed by atoms with van der Waals surface area (Å²) in [6.45, 7) is 3.88. The molecule has 1 unspecified atom stereocenters. The number of carboxylic acid groups (broad SMARTS) is 1. The number of carbonyl (C=O) groups excluding carboxylic acids is 2. The molecule has 1 fully saturated rings. The summed E-state index contributed by atoms with van der Waals surface area (Å²) >= 11 is 2.25. The van der Waals surface area contributed by atoms with E-state index < -0.39 is 29.2 Å². The first-order valence-corrected chi connectivity index (χ1v) is 11.8. The lowest BCUT2D eigenvalue weighted by Gasteiger charge is -2.49. The highest BCUT2D eigenvalue weighted by Crippen LogP contribution is 2.40. The molecule has 0 aliphatic carbocycles. The lowest BCUT2D eigenvalue weighted by Crippen LogP contribution is -2.71. The molecule has 2 atom stereocenters. The molecule has 2 aliphatic rings. The van der Waals surface area contributed by atoms with Crippen LogP contribution in [0.15, 0.2) is 59.7 Å². The molecule has 2 aromatic heterocycles. The van der Waals surface area contributed by atoms with E-state index in [1.54, 1.807) is 0 Å². The van der Waals surface area contributed by atoms with Gasteiger partial charge in [0.1, 0.15) is 23.7 Å². The third-order valence-corrected chi connectivity index (χ3v) is 6.79. The number of rotatable bonds is 9. The summed E-state index contributed by atoms with van der Waals surface area (Å²) in [5.41, 5.74) is 5.89. The average Bonchev–Trinajstić information content (AvgIpc) is 3.26. The number of β-lactam (4-membered cyclic amide) rings is 1. The number of pyridine rings is 1. The van der Waals surface area contributed by atoms with E-state index in [2.05, 4.69) is 26.4 Å². The van der Waals surface area contributed by atoms with Gasteiger partial charge in [0.25, 0.3) is 11.8 Å². The van der Waals surface area contributed by atoms with E-state index in [0.717, 1.165) is 11.5 Å². The van der Waals surface area contributed by atoms with E-state index in [1.165, 1.54) is 22.7 Å². The minimum Gasteiger partial charge on any atom is -0.477 e. The number of aliphatic carboxylic acids is 1. The highest BCUT2D eigenvalue weighted by molar-refractivity contribution is 8.00. The van der Waals surface area contributed by atoms with Gasteiger partial charge >= 0.3 is 5.97 Å². The minimum atomic E-state index is -1.20. The molecule has 0 radical (unpaired) electrons. The van der Waals surface area contributed by atoms with Crippen LogP contribution in [0.5, 0.6) is 0 Å². The van der Waals surface area contributed by atoms with Gasteiger partial charge in [0, 0.05) is 35.0 Å². The second-order valence-corrected chi connectivity index (χ2v) is 9.04. The van der Waals surface area contributed by atoms with Crippen LogP contribution in [0.1, 0.15) is 5.82 Å². The second kappa shape index (κ2) is 10.0. The molecule has 12 nitrogen and oxygen atoms in total. The number of fused-ring (bicyclic) bond motifs is 1. The number of amides is 2. The number of aromatic nitrogens is 3. The van der Waals surface area contributed by atoms with Crippen LogP contribution in [0.2, 0.25) is 0 Å². The molecule has 4 heterocycles. The van der Waals surface area contributed by atoms with Crippen LogP contribution in [-0.4, -0.2) is 66.6 Å². The molecule has 34 heavy (non-hydrogen) atoms. The number of thioether (sulfide) groups is 1. The van der Waals surface area contributed by atoms with E-state index in [9.17, 15) is 19.5 Å². The molecule has 14 heteroatoms. The minimum absolute atomic E-state index is 0.0416. The van der Waals surface area contributed by atoms with Gasteiger partial charge in [-0.3, -0.25) is 14.5 Å². The van der Waals surface area contributed by atoms with Gasteiger partial charge in [0.05, 0.1) is 0 Å². The highest BCUT2D eigenvalue weighted by atomic mass is 32.2. The number of hydrogen-bond acceptors (Lipinski definition) is 10. The topological polar surface area (TPSA) is 164 Å². The van der Waals surface area contributed by atoms with Gasteiger partial charge in [-0.05, 0) is 0 Å². The molecule has 2 aliphatic heterocycles. The smallest absolute Gasteiger partial charge is 0.352 e. The van der Waals surface area contributed by atoms with Crippen molar-refractivity contribution in [3.63, 3.8) is 0 Å². The largest absolute Gasteiger partial charge is 0.477 e. The van der Waals surface area contributed by atoms with Crippen molar-refractivity contribution in [3.05, 3.63) is 60.3 Å². The average molecular weight is 503 g/mol. The number of anilines is 1. The van der Waals surface area contributed by atoms with Gasteiger partial charge in [0.2, 0.25) is 11.5 Å². The highest BCUT2D eigenvalue weighted by Gasteiger charge is 2.54. The number of oxime groups is 1. The third kappa shape index (κ3) is 4.63. The SMILES string of the molecule is C=CCO/N=C(\C(=O)NC1C(=O)N2C(C(=O)O)=C(C[n+]3ccccc3)CS[C@H]12)c1nsc(N)n1. The Kier molecular flexibility index (Phi) is 6.88. The van der Waals surface area contributed by atoms with Crippen LogP contribution in [0, 0.1) is 0 Å². The Morgan fingerprint density at radius 3 is 2.82 bits per heavy atom. The van der Waals surface area contributed by atoms with Crippen LogP contribution in [0.4, 0.5) is 5.13 Å². The van der Waals surface area contributed by atoms with E-state index in [0.29, 0.717) is 17.9 Å². The molecular formula is C20H20N7O5S2+. The molecule has 176 valence electrons. The van der Waals surface area contributed by atoms with Crippen molar-refractivity contribution in [2.75, 3.05) is 18.1 Å². The maximum atomic E-state index is 12.9. The van der Waals surface area contributed by atoms with Crippen molar-refractivity contribution in [1.29, 1.82) is 0 Å². The molecular weight excluding hydrogens is 482 g/mol. The Balaban J connectivity index is 1.53. The standard InChI is InChI=1S/C20H19N7O5S2/c1-2-8-32-24-12(15-23-20(21)34-25-15)16(28)22-13-17(29)27-14(19(30)31)11(10-33-18(13)27)9-26-6-4-3-5-7-26/h2-7,13,18H,1,8-10H2,(H3-,21,22,23,25,28,30,31)/p+1/b24-12-/t13?,18-/m1/s1. The maximum Gasteiger partial charge on any atom is 0.352 e. The first-order chi connectivity index (χ1) is 16.4. The van der Waals surface area contributed by atoms with Gasteiger partial charge in [0.15, 0.2) is 24.1 Å². The number of carboxylic acids is 1. The predicted molar refractivity (Wildman–Crippen MR) is 123 cm³/mol. The summed E-state index contributed by atoms with van der Waals surface area (Å²) in [6.07, 6.45) is 5.08. The first kappa shape index (κ1) is 23.4. The Bertz CT molecular complexity index is 1200. The summed E-state index contributed by atoms with van der Waals surface area (Å²) in [5.74, 6) is -2.13. The van der Waals surface area contributed by atoms with Gasteiger partial charge in [-0.2, -0.15) is 9.36 Å². The van der Waals surface area contributed by atoms with Crippen molar-refractivity contribution in [2.45, 2.75) is 18.0 Å². The third-order valence-electron chi connectivity index (χ3n) is 4.90. The van der Waals surface area contributed by atoms with Crippen molar-refractivity contribution in [2.24, 2.45) is 5.16 Å². The van der Waals surface area contributed by atoms with Crippen LogP contribution in [-0.2, 0) is 25.8 Å². The lowest BCUT2D eigenvalue weighted by molar-refractivity contribution is -0.689. The van der Waals surface area contributed by atoms with Crippen molar-refractivity contribution < 1.29 is 28.9 Å². The van der Waals surface area contributed by atoms with E-state index >= 15 is 0 Å². The van der Waals surface area contributed by atoms with Gasteiger partial charge in [-0.15, -0.1) is 11.8 Å². The van der Waals surface area contributed by atoms with E-state index in [4.69, 9.17) is 10.6 Å². The van der Waals surface area contributed by atoms with Crippen LogP contribution >= 0.6 is 23.3 Å². The summed E-state index contributed by atoms with van der Waals surface area (Å²) in [7, 11) is 0. The predicted octanol–water partition coefficient (Wildman–Crippen LogP) is -0.247. The fraction of sp³-hybridized carbons (Fsp3) is 0.250. The normalized spacial score (nSPS) is 19.8. The zero-order valence-electron chi connectivity index (χ0n) is 17.7. The lowest BCUT2D eigenvalue weighted by atomic mass is 10.0. The number of nitrogens with one attached hydrogen (secondary N) is 1. The molecule has 2 aromatic rings. The molecule has 0 spiro atoms. The second-order valence-electron chi connectivity index (χ2n) is 7.15. The van der Waals surface area contributed by atoms with Gasteiger partial charge in [-0.1, -0.05) is 23.9 Å². The maximum absolute atomic E-state index is 12.9. The number of nitrogens with two attached hydrogens (primary N) is 1. The molecule has 1 saturated heterocycles. The first-order valence-electron chi connectivity index (χ1n) is 9.96. The molecule has 0 bridgehead atoms. The zero-order valence-corrected chi connectivity index (χ0v) is 19.3. The van der Waals surface area contributed by atoms with E-state index in [-0.39, 0.29) is 29.0 Å². The van der Waals surface area contributed by atoms with Crippen molar-refractivity contribution in [3.8, 4) is 0 Å². The van der Waals surface area contributed by atoms with Crippen molar-refractivity contribution >= 4 is 51.9 Å². The van der Waals surface area contributed by atoms with Crippen LogP contribution in [0.25, 0.3) is 0 Å². The Morgan fingerprint density at radius 2 is 2.18 bits per heavy atom. The van der Waals surface area contributed by atoms with Crippen LogP contribution < -0.4 is 15.6 Å². The van der Waals surface area contributed by atoms with Crippen molar-refractivity contribution in [1.82, 2.24) is 19.6 Å². The Labute approximate surface area is 202 Å².